The van der Waals surface area contributed by atoms with Gasteiger partial charge < -0.3 is 20.2 Å². The molecule has 2 rings (SSSR count). The van der Waals surface area contributed by atoms with Gasteiger partial charge >= 0.3 is 0 Å². The van der Waals surface area contributed by atoms with E-state index in [0.717, 1.165) is 19.0 Å². The lowest BCUT2D eigenvalue weighted by atomic mass is 10.0. The number of likely N-dealkylation sites (N-methyl/N-ethyl adjacent to an activating group) is 1. The van der Waals surface area contributed by atoms with Gasteiger partial charge in [0.05, 0.1) is 6.10 Å². The van der Waals surface area contributed by atoms with E-state index in [-0.39, 0.29) is 6.10 Å². The van der Waals surface area contributed by atoms with Gasteiger partial charge in [-0.3, -0.25) is 0 Å². The summed E-state index contributed by atoms with van der Waals surface area (Å²) in [5.41, 5.74) is 0. The molecule has 0 aromatic heterocycles. The van der Waals surface area contributed by atoms with E-state index in [4.69, 9.17) is 0 Å². The van der Waals surface area contributed by atoms with Gasteiger partial charge in [-0.05, 0) is 58.8 Å². The van der Waals surface area contributed by atoms with Crippen LogP contribution in [0.1, 0.15) is 25.7 Å². The molecule has 106 valence electrons. The van der Waals surface area contributed by atoms with Crippen LogP contribution in [0.25, 0.3) is 0 Å². The number of piperidine rings is 1. The Morgan fingerprint density at radius 2 is 1.89 bits per heavy atom. The summed E-state index contributed by atoms with van der Waals surface area (Å²) in [7, 11) is 4.00. The largest absolute Gasteiger partial charge is 0.390 e. The van der Waals surface area contributed by atoms with Crippen molar-refractivity contribution in [1.82, 2.24) is 15.1 Å². The van der Waals surface area contributed by atoms with Gasteiger partial charge in [0.25, 0.3) is 0 Å². The van der Waals surface area contributed by atoms with Crippen molar-refractivity contribution in [2.45, 2.75) is 37.8 Å². The fraction of sp³-hybridized carbons (Fsp3) is 1.00. The first-order valence-corrected chi connectivity index (χ1v) is 7.42. The first-order chi connectivity index (χ1) is 8.63. The molecule has 0 radical (unpaired) electrons. The van der Waals surface area contributed by atoms with Gasteiger partial charge in [-0.25, -0.2) is 0 Å². The average molecular weight is 255 g/mol. The fourth-order valence-electron chi connectivity index (χ4n) is 2.77. The van der Waals surface area contributed by atoms with Gasteiger partial charge in [0.1, 0.15) is 0 Å². The molecule has 0 spiro atoms. The lowest BCUT2D eigenvalue weighted by molar-refractivity contribution is 0.122. The van der Waals surface area contributed by atoms with E-state index in [9.17, 15) is 5.11 Å². The molecule has 1 aliphatic heterocycles. The molecular formula is C14H29N3O. The smallest absolute Gasteiger partial charge is 0.0791 e. The average Bonchev–Trinajstić information content (AvgIpc) is 3.11. The van der Waals surface area contributed by atoms with Crippen molar-refractivity contribution in [3.05, 3.63) is 0 Å². The number of likely N-dealkylation sites (tertiary alicyclic amines) is 1. The Balaban J connectivity index is 1.55. The maximum Gasteiger partial charge on any atom is 0.0791 e. The van der Waals surface area contributed by atoms with Gasteiger partial charge in [-0.2, -0.15) is 0 Å². The molecule has 18 heavy (non-hydrogen) atoms. The summed E-state index contributed by atoms with van der Waals surface area (Å²) < 4.78 is 0. The number of rotatable bonds is 7. The topological polar surface area (TPSA) is 38.7 Å². The molecule has 1 heterocycles. The van der Waals surface area contributed by atoms with Crippen LogP contribution in [0.4, 0.5) is 0 Å². The van der Waals surface area contributed by atoms with Crippen LogP contribution >= 0.6 is 0 Å². The monoisotopic (exact) mass is 255 g/mol. The zero-order valence-electron chi connectivity index (χ0n) is 11.9. The van der Waals surface area contributed by atoms with Gasteiger partial charge in [0, 0.05) is 25.7 Å². The number of nitrogens with one attached hydrogen (secondary N) is 1. The molecule has 2 aliphatic rings. The summed E-state index contributed by atoms with van der Waals surface area (Å²) in [6.45, 7) is 5.27. The minimum Gasteiger partial charge on any atom is -0.390 e. The molecule has 0 amide bonds. The molecule has 1 atom stereocenters. The highest BCUT2D eigenvalue weighted by Gasteiger charge is 2.26. The van der Waals surface area contributed by atoms with E-state index in [1.165, 1.54) is 45.3 Å². The minimum absolute atomic E-state index is 0.246. The van der Waals surface area contributed by atoms with Crippen molar-refractivity contribution in [2.75, 3.05) is 46.8 Å². The second-order valence-corrected chi connectivity index (χ2v) is 6.34. The fourth-order valence-corrected chi connectivity index (χ4v) is 2.77. The molecule has 2 fully saturated rings. The van der Waals surface area contributed by atoms with E-state index >= 15 is 0 Å². The Hall–Kier alpha value is -0.160. The molecule has 0 aromatic carbocycles. The van der Waals surface area contributed by atoms with E-state index in [1.807, 2.05) is 19.0 Å². The highest BCUT2D eigenvalue weighted by atomic mass is 16.3. The molecule has 0 aromatic rings. The third-order valence-electron chi connectivity index (χ3n) is 4.02. The summed E-state index contributed by atoms with van der Waals surface area (Å²) in [5, 5.41) is 13.3. The van der Waals surface area contributed by atoms with Crippen LogP contribution < -0.4 is 5.32 Å². The van der Waals surface area contributed by atoms with Gasteiger partial charge in [0.15, 0.2) is 0 Å². The summed E-state index contributed by atoms with van der Waals surface area (Å²) in [6.07, 6.45) is 5.14. The SMILES string of the molecule is CN(C)CC(O)CNC1CCN(CC2CC2)CC1. The highest BCUT2D eigenvalue weighted by Crippen LogP contribution is 2.30. The van der Waals surface area contributed by atoms with E-state index in [2.05, 4.69) is 10.2 Å². The van der Waals surface area contributed by atoms with Crippen molar-refractivity contribution in [1.29, 1.82) is 0 Å². The number of aliphatic hydroxyl groups is 1. The molecule has 1 saturated carbocycles. The third kappa shape index (κ3) is 5.22. The zero-order valence-corrected chi connectivity index (χ0v) is 11.9. The first-order valence-electron chi connectivity index (χ1n) is 7.42. The van der Waals surface area contributed by atoms with Gasteiger partial charge in [-0.1, -0.05) is 0 Å². The third-order valence-corrected chi connectivity index (χ3v) is 4.02. The highest BCUT2D eigenvalue weighted by molar-refractivity contribution is 4.83. The van der Waals surface area contributed by atoms with Crippen molar-refractivity contribution in [3.8, 4) is 0 Å². The lowest BCUT2D eigenvalue weighted by Gasteiger charge is -2.33. The zero-order chi connectivity index (χ0) is 13.0. The van der Waals surface area contributed by atoms with Crippen LogP contribution in [-0.2, 0) is 0 Å². The maximum atomic E-state index is 9.81. The van der Waals surface area contributed by atoms with Crippen molar-refractivity contribution < 1.29 is 5.11 Å². The Labute approximate surface area is 111 Å². The normalized spacial score (nSPS) is 24.7. The van der Waals surface area contributed by atoms with Crippen LogP contribution in [0.15, 0.2) is 0 Å². The number of aliphatic hydroxyl groups excluding tert-OH is 1. The second-order valence-electron chi connectivity index (χ2n) is 6.34. The Morgan fingerprint density at radius 1 is 1.22 bits per heavy atom. The predicted octanol–water partition coefficient (Wildman–Crippen LogP) is 0.373. The summed E-state index contributed by atoms with van der Waals surface area (Å²) in [6, 6.07) is 0.609. The van der Waals surface area contributed by atoms with Crippen molar-refractivity contribution in [2.24, 2.45) is 5.92 Å². The van der Waals surface area contributed by atoms with Crippen LogP contribution in [0.3, 0.4) is 0 Å². The Morgan fingerprint density at radius 3 is 2.44 bits per heavy atom. The predicted molar refractivity (Wildman–Crippen MR) is 74.7 cm³/mol. The van der Waals surface area contributed by atoms with Crippen LogP contribution in [0.2, 0.25) is 0 Å². The first kappa shape index (κ1) is 14.3. The Kier molecular flexibility index (Phi) is 5.42. The van der Waals surface area contributed by atoms with Crippen molar-refractivity contribution >= 4 is 0 Å². The molecule has 1 saturated heterocycles. The summed E-state index contributed by atoms with van der Waals surface area (Å²) >= 11 is 0. The molecule has 2 N–H and O–H groups in total. The second kappa shape index (κ2) is 6.85. The van der Waals surface area contributed by atoms with E-state index in [1.54, 1.807) is 0 Å². The number of hydrogen-bond acceptors (Lipinski definition) is 4. The molecule has 1 unspecified atom stereocenters. The molecular weight excluding hydrogens is 226 g/mol. The van der Waals surface area contributed by atoms with E-state index < -0.39 is 0 Å². The van der Waals surface area contributed by atoms with Crippen LogP contribution in [0, 0.1) is 5.92 Å². The molecule has 4 heteroatoms. The quantitative estimate of drug-likeness (QED) is 0.689. The molecule has 0 bridgehead atoms. The van der Waals surface area contributed by atoms with Gasteiger partial charge in [-0.15, -0.1) is 0 Å². The molecule has 4 nitrogen and oxygen atoms in total. The maximum absolute atomic E-state index is 9.81. The van der Waals surface area contributed by atoms with Crippen LogP contribution in [0.5, 0.6) is 0 Å². The lowest BCUT2D eigenvalue weighted by Crippen LogP contribution is -2.46. The van der Waals surface area contributed by atoms with E-state index in [0.29, 0.717) is 6.04 Å². The Bertz CT molecular complexity index is 235. The summed E-state index contributed by atoms with van der Waals surface area (Å²) in [5.74, 6) is 1.01. The summed E-state index contributed by atoms with van der Waals surface area (Å²) in [4.78, 5) is 4.65. The minimum atomic E-state index is -0.246. The van der Waals surface area contributed by atoms with Crippen LogP contribution in [-0.4, -0.2) is 73.9 Å². The van der Waals surface area contributed by atoms with Crippen molar-refractivity contribution in [3.63, 3.8) is 0 Å². The number of nitrogens with zero attached hydrogens (tertiary/aromatic N) is 2. The standard InChI is InChI=1S/C14H29N3O/c1-16(2)11-14(18)9-15-13-5-7-17(8-6-13)10-12-3-4-12/h12-15,18H,3-11H2,1-2H3. The van der Waals surface area contributed by atoms with Gasteiger partial charge in [0.2, 0.25) is 0 Å². The number of hydrogen-bond donors (Lipinski definition) is 2. The molecule has 1 aliphatic carbocycles.